The topological polar surface area (TPSA) is 120 Å². The predicted molar refractivity (Wildman–Crippen MR) is 207 cm³/mol. The number of benzene rings is 5. The van der Waals surface area contributed by atoms with E-state index in [9.17, 15) is 35.9 Å². The number of halogens is 7. The van der Waals surface area contributed by atoms with Gasteiger partial charge in [-0.3, -0.25) is 9.59 Å². The first kappa shape index (κ1) is 40.3. The van der Waals surface area contributed by atoms with Gasteiger partial charge < -0.3 is 16.4 Å². The van der Waals surface area contributed by atoms with E-state index in [4.69, 9.17) is 17.3 Å². The van der Waals surface area contributed by atoms with Crippen LogP contribution in [-0.4, -0.2) is 31.4 Å². The van der Waals surface area contributed by atoms with Crippen LogP contribution in [0.2, 0.25) is 5.02 Å². The molecule has 0 aliphatic carbocycles. The zero-order chi connectivity index (χ0) is 41.3. The molecule has 0 spiro atoms. The number of nitrogens with two attached hydrogens (primary N) is 1. The molecular formula is C41H34ClF6N7O2. The summed E-state index contributed by atoms with van der Waals surface area (Å²) >= 11 is 6.30. The molecule has 0 aliphatic rings. The second-order valence-electron chi connectivity index (χ2n) is 13.9. The number of hydrogen-bond acceptors (Lipinski definition) is 5. The van der Waals surface area contributed by atoms with E-state index >= 15 is 0 Å². The fourth-order valence-electron chi connectivity index (χ4n) is 5.72. The Morgan fingerprint density at radius 2 is 1.21 bits per heavy atom. The minimum atomic E-state index is -4.43. The van der Waals surface area contributed by atoms with E-state index in [2.05, 4.69) is 20.8 Å². The van der Waals surface area contributed by atoms with Crippen molar-refractivity contribution in [3.63, 3.8) is 0 Å². The lowest BCUT2D eigenvalue weighted by atomic mass is 9.95. The zero-order valence-electron chi connectivity index (χ0n) is 30.5. The number of aromatic nitrogens is 4. The van der Waals surface area contributed by atoms with Crippen molar-refractivity contribution in [2.75, 3.05) is 11.1 Å². The van der Waals surface area contributed by atoms with Crippen LogP contribution in [0.4, 0.5) is 37.7 Å². The summed E-state index contributed by atoms with van der Waals surface area (Å²) in [6.45, 7) is 5.67. The molecule has 5 aromatic carbocycles. The largest absolute Gasteiger partial charge is 0.416 e. The maximum absolute atomic E-state index is 13.1. The number of nitrogens with zero attached hydrogens (tertiary/aromatic N) is 4. The molecule has 0 atom stereocenters. The number of alkyl halides is 6. The van der Waals surface area contributed by atoms with Gasteiger partial charge in [0.15, 0.2) is 0 Å². The SMILES string of the molecule is CC(C)(C)C(=O)NCc1ccc(Cl)c(C(=O)Nc2cccc3c2cnn3-c2ccc(C(F)(F)F)cc2)c1.Nc1cccc2c1cnn2-c1ccc(C(F)(F)F)cc1. The number of amides is 2. The van der Waals surface area contributed by atoms with Crippen molar-refractivity contribution in [2.45, 2.75) is 39.7 Å². The molecule has 0 saturated carbocycles. The molecule has 0 radical (unpaired) electrons. The Hall–Kier alpha value is -6.35. The van der Waals surface area contributed by atoms with Crippen LogP contribution in [0.5, 0.6) is 0 Å². The van der Waals surface area contributed by atoms with Gasteiger partial charge in [-0.2, -0.15) is 36.5 Å². The van der Waals surface area contributed by atoms with Gasteiger partial charge in [0.2, 0.25) is 5.91 Å². The number of nitrogen functional groups attached to an aromatic ring is 1. The highest BCUT2D eigenvalue weighted by molar-refractivity contribution is 6.34. The molecule has 7 aromatic rings. The molecule has 57 heavy (non-hydrogen) atoms. The van der Waals surface area contributed by atoms with E-state index in [-0.39, 0.29) is 23.0 Å². The lowest BCUT2D eigenvalue weighted by molar-refractivity contribution is -0.138. The van der Waals surface area contributed by atoms with Gasteiger partial charge in [-0.25, -0.2) is 9.36 Å². The molecule has 0 fully saturated rings. The highest BCUT2D eigenvalue weighted by Crippen LogP contribution is 2.33. The van der Waals surface area contributed by atoms with Crippen molar-refractivity contribution in [1.82, 2.24) is 24.9 Å². The fourth-order valence-corrected chi connectivity index (χ4v) is 5.93. The Bertz CT molecular complexity index is 2570. The first-order chi connectivity index (χ1) is 26.8. The molecule has 294 valence electrons. The van der Waals surface area contributed by atoms with Crippen molar-refractivity contribution in [2.24, 2.45) is 5.41 Å². The first-order valence-corrected chi connectivity index (χ1v) is 17.6. The van der Waals surface area contributed by atoms with E-state index in [1.54, 1.807) is 59.4 Å². The first-order valence-electron chi connectivity index (χ1n) is 17.2. The van der Waals surface area contributed by atoms with Crippen LogP contribution in [0, 0.1) is 5.41 Å². The number of fused-ring (bicyclic) bond motifs is 2. The average Bonchev–Trinajstić information content (AvgIpc) is 3.80. The average molecular weight is 806 g/mol. The number of nitrogens with one attached hydrogen (secondary N) is 2. The highest BCUT2D eigenvalue weighted by Gasteiger charge is 2.31. The van der Waals surface area contributed by atoms with Crippen molar-refractivity contribution >= 4 is 56.6 Å². The summed E-state index contributed by atoms with van der Waals surface area (Å²) < 4.78 is 79.4. The van der Waals surface area contributed by atoms with Gasteiger partial charge in [0.25, 0.3) is 5.91 Å². The maximum atomic E-state index is 13.1. The molecule has 2 amide bonds. The van der Waals surface area contributed by atoms with Gasteiger partial charge in [0.1, 0.15) is 0 Å². The summed E-state index contributed by atoms with van der Waals surface area (Å²) in [4.78, 5) is 25.3. The van der Waals surface area contributed by atoms with Crippen LogP contribution < -0.4 is 16.4 Å². The Morgan fingerprint density at radius 3 is 1.74 bits per heavy atom. The standard InChI is InChI=1S/C27H24ClF3N4O2.C14H10F3N3/c1-26(2,3)25(37)32-14-16-7-12-21(28)19(13-16)24(36)34-22-5-4-6-23-20(22)15-33-35(23)18-10-8-17(9-11-18)27(29,30)31;15-14(16,17)9-4-6-10(7-5-9)20-13-3-1-2-12(18)11(13)8-19-20/h4-13,15H,14H2,1-3H3,(H,32,37)(H,34,36);1-8H,18H2. The van der Waals surface area contributed by atoms with Crippen LogP contribution in [-0.2, 0) is 23.7 Å². The quantitative estimate of drug-likeness (QED) is 0.114. The lowest BCUT2D eigenvalue weighted by Crippen LogP contribution is -2.34. The van der Waals surface area contributed by atoms with E-state index < -0.39 is 34.8 Å². The fraction of sp³-hybridized carbons (Fsp3) is 0.171. The summed E-state index contributed by atoms with van der Waals surface area (Å²) in [6, 6.07) is 25.0. The smallest absolute Gasteiger partial charge is 0.398 e. The van der Waals surface area contributed by atoms with Gasteiger partial charge in [0.05, 0.1) is 62.2 Å². The Labute approximate surface area is 327 Å². The van der Waals surface area contributed by atoms with Gasteiger partial charge >= 0.3 is 12.4 Å². The molecule has 0 aliphatic heterocycles. The zero-order valence-corrected chi connectivity index (χ0v) is 31.3. The molecule has 2 aromatic heterocycles. The van der Waals surface area contributed by atoms with Crippen molar-refractivity contribution in [3.8, 4) is 11.4 Å². The molecule has 0 saturated heterocycles. The van der Waals surface area contributed by atoms with E-state index in [1.165, 1.54) is 35.1 Å². The van der Waals surface area contributed by atoms with Crippen molar-refractivity contribution < 1.29 is 35.9 Å². The van der Waals surface area contributed by atoms with Crippen LogP contribution >= 0.6 is 11.6 Å². The molecular weight excluding hydrogens is 772 g/mol. The van der Waals surface area contributed by atoms with Crippen LogP contribution in [0.3, 0.4) is 0 Å². The lowest BCUT2D eigenvalue weighted by Gasteiger charge is -2.18. The molecule has 0 bridgehead atoms. The molecule has 4 N–H and O–H groups in total. The van der Waals surface area contributed by atoms with Crippen molar-refractivity contribution in [3.05, 3.63) is 143 Å². The maximum Gasteiger partial charge on any atom is 0.416 e. The predicted octanol–water partition coefficient (Wildman–Crippen LogP) is 10.2. The summed E-state index contributed by atoms with van der Waals surface area (Å²) in [5.74, 6) is -0.575. The Kier molecular flexibility index (Phi) is 11.1. The van der Waals surface area contributed by atoms with Crippen LogP contribution in [0.25, 0.3) is 33.2 Å². The Morgan fingerprint density at radius 1 is 0.702 bits per heavy atom. The second-order valence-corrected chi connectivity index (χ2v) is 14.3. The molecule has 0 unspecified atom stereocenters. The van der Waals surface area contributed by atoms with E-state index in [1.807, 2.05) is 26.8 Å². The molecule has 7 rings (SSSR count). The number of carbonyl (C=O) groups is 2. The summed E-state index contributed by atoms with van der Waals surface area (Å²) in [7, 11) is 0. The van der Waals surface area contributed by atoms with Gasteiger partial charge in [-0.15, -0.1) is 0 Å². The third kappa shape index (κ3) is 9.04. The third-order valence-electron chi connectivity index (χ3n) is 8.80. The van der Waals surface area contributed by atoms with Crippen molar-refractivity contribution in [1.29, 1.82) is 0 Å². The van der Waals surface area contributed by atoms with Gasteiger partial charge in [-0.1, -0.05) is 50.6 Å². The summed E-state index contributed by atoms with van der Waals surface area (Å²) in [6.07, 6.45) is -5.64. The van der Waals surface area contributed by atoms with Crippen LogP contribution in [0.1, 0.15) is 47.8 Å². The molecule has 9 nitrogen and oxygen atoms in total. The summed E-state index contributed by atoms with van der Waals surface area (Å²) in [5.41, 5.74) is 8.18. The minimum absolute atomic E-state index is 0.120. The normalized spacial score (nSPS) is 12.0. The number of hydrogen-bond donors (Lipinski definition) is 3. The second kappa shape index (κ2) is 15.7. The molecule has 2 heterocycles. The third-order valence-corrected chi connectivity index (χ3v) is 9.13. The Balaban J connectivity index is 0.000000230. The number of rotatable bonds is 6. The van der Waals surface area contributed by atoms with Gasteiger partial charge in [0, 0.05) is 28.4 Å². The monoisotopic (exact) mass is 805 g/mol. The number of carbonyl (C=O) groups excluding carboxylic acids is 2. The molecule has 16 heteroatoms. The van der Waals surface area contributed by atoms with Crippen LogP contribution in [0.15, 0.2) is 116 Å². The minimum Gasteiger partial charge on any atom is -0.398 e. The highest BCUT2D eigenvalue weighted by atomic mass is 35.5. The van der Waals surface area contributed by atoms with E-state index in [0.29, 0.717) is 39.2 Å². The van der Waals surface area contributed by atoms with E-state index in [0.717, 1.165) is 35.2 Å². The number of anilines is 2. The van der Waals surface area contributed by atoms with Gasteiger partial charge in [-0.05, 0) is 90.5 Å². The summed E-state index contributed by atoms with van der Waals surface area (Å²) in [5, 5.41) is 15.8.